The van der Waals surface area contributed by atoms with Crippen molar-refractivity contribution in [3.63, 3.8) is 0 Å². The smallest absolute Gasteiger partial charge is 0.325 e. The molecule has 4 aromatic rings. The van der Waals surface area contributed by atoms with Gasteiger partial charge in [0.05, 0.1) is 43.0 Å². The Balaban J connectivity index is 0.00000123. The van der Waals surface area contributed by atoms with Crippen LogP contribution in [0, 0.1) is 0 Å². The normalized spacial score (nSPS) is 28.3. The summed E-state index contributed by atoms with van der Waals surface area (Å²) in [6.45, 7) is -4.86. The standard InChI is InChI=1S/C19H24N11O8PS2.HOPS/c20-18-25-15-11(16(34)26-18)27-28-29(15)17-13(12(33)10(3-31)41-17)38-39(35,40)36-4-9-7(32)1-8(37-9)6-2-24-30-14(6)22-5-23-19(30)21;1-2-3/h2,5,7-10,12-13,17,31-33H,1,3-4H2,(H,35,40)(H2,21,22,23)(H3,20,25,26,34);(H,1,3)/t7-,8+,9+,10+,12+,13+,17+,39?;/m0./s1. The molecule has 0 amide bonds. The maximum Gasteiger partial charge on any atom is 0.325 e. The third-order valence-corrected chi connectivity index (χ3v) is 9.76. The van der Waals surface area contributed by atoms with Crippen molar-refractivity contribution in [1.82, 2.24) is 44.5 Å². The van der Waals surface area contributed by atoms with Crippen molar-refractivity contribution < 1.29 is 38.6 Å². The Kier molecular flexibility index (Phi) is 10.1. The number of aromatic amines is 1. The van der Waals surface area contributed by atoms with Crippen molar-refractivity contribution in [2.24, 2.45) is 0 Å². The van der Waals surface area contributed by atoms with Crippen LogP contribution in [-0.2, 0) is 30.2 Å². The van der Waals surface area contributed by atoms with Gasteiger partial charge in [0.25, 0.3) is 5.56 Å². The molecule has 0 bridgehead atoms. The van der Waals surface area contributed by atoms with Crippen LogP contribution in [0.1, 0.15) is 23.5 Å². The highest BCUT2D eigenvalue weighted by Crippen LogP contribution is 2.53. The fraction of sp³-hybridized carbons (Fsp3) is 0.526. The lowest BCUT2D eigenvalue weighted by Gasteiger charge is -2.27. The minimum Gasteiger partial charge on any atom is -0.395 e. The number of hydrogen-bond donors (Lipinski definition) is 8. The highest BCUT2D eigenvalue weighted by atomic mass is 32.7. The summed E-state index contributed by atoms with van der Waals surface area (Å²) in [4.78, 5) is 37.6. The highest BCUT2D eigenvalue weighted by molar-refractivity contribution is 8.33. The lowest BCUT2D eigenvalue weighted by molar-refractivity contribution is -0.0285. The number of nitrogens with two attached hydrogens (primary N) is 2. The van der Waals surface area contributed by atoms with E-state index < -0.39 is 60.0 Å². The molecule has 6 heterocycles. The number of thiol groups is 1. The number of hydrogen-bond acceptors (Lipinski definition) is 18. The van der Waals surface area contributed by atoms with Crippen LogP contribution in [0.4, 0.5) is 11.9 Å². The van der Waals surface area contributed by atoms with Crippen LogP contribution in [0.15, 0.2) is 17.3 Å². The van der Waals surface area contributed by atoms with Crippen LogP contribution >= 0.6 is 38.4 Å². The van der Waals surface area contributed by atoms with E-state index in [1.54, 1.807) is 0 Å². The molecule has 20 nitrogen and oxygen atoms in total. The molecule has 2 aliphatic heterocycles. The van der Waals surface area contributed by atoms with Gasteiger partial charge in [-0.3, -0.25) is 18.9 Å². The van der Waals surface area contributed by atoms with Crippen molar-refractivity contribution in [1.29, 1.82) is 0 Å². The Morgan fingerprint density at radius 2 is 2.07 bits per heavy atom. The summed E-state index contributed by atoms with van der Waals surface area (Å²) in [5, 5.41) is 41.5. The molecule has 0 radical (unpaired) electrons. The Bertz CT molecular complexity index is 1760. The summed E-state index contributed by atoms with van der Waals surface area (Å²) >= 11 is 9.47. The molecule has 2 aliphatic rings. The number of nitrogens with zero attached hydrogens (tertiary/aromatic N) is 8. The van der Waals surface area contributed by atoms with Gasteiger partial charge in [-0.2, -0.15) is 14.6 Å². The summed E-state index contributed by atoms with van der Waals surface area (Å²) in [6.07, 6.45) is -2.08. The average molecular weight is 710 g/mol. The first-order valence-corrected chi connectivity index (χ1v) is 17.9. The van der Waals surface area contributed by atoms with Crippen molar-refractivity contribution in [2.75, 3.05) is 24.7 Å². The number of aliphatic hydroxyl groups excluding tert-OH is 3. The van der Waals surface area contributed by atoms with E-state index in [1.807, 2.05) is 0 Å². The fourth-order valence-corrected chi connectivity index (χ4v) is 7.61. The summed E-state index contributed by atoms with van der Waals surface area (Å²) in [6, 6.07) is 0. The van der Waals surface area contributed by atoms with Gasteiger partial charge in [-0.05, 0) is 11.8 Å². The topological polar surface area (TPSA) is 297 Å². The molecule has 4 aromatic heterocycles. The predicted octanol–water partition coefficient (Wildman–Crippen LogP) is -1.28. The third-order valence-electron chi connectivity index (χ3n) is 6.67. The van der Waals surface area contributed by atoms with E-state index in [1.165, 1.54) is 21.7 Å². The molecular formula is C19H25N11O9P2S3. The fourth-order valence-electron chi connectivity index (χ4n) is 4.72. The van der Waals surface area contributed by atoms with Crippen molar-refractivity contribution >= 4 is 78.9 Å². The van der Waals surface area contributed by atoms with E-state index >= 15 is 0 Å². The van der Waals surface area contributed by atoms with E-state index in [0.717, 1.165) is 11.8 Å². The molecule has 8 atom stereocenters. The third kappa shape index (κ3) is 6.59. The molecule has 25 heteroatoms. The molecule has 0 spiro atoms. The molecule has 6 rings (SSSR count). The number of H-pyrrole nitrogens is 1. The maximum atomic E-state index is 12.2. The van der Waals surface area contributed by atoms with E-state index in [-0.39, 0.29) is 43.8 Å². The summed E-state index contributed by atoms with van der Waals surface area (Å²) in [7, 11) is -0.139. The van der Waals surface area contributed by atoms with Crippen LogP contribution in [0.2, 0.25) is 0 Å². The van der Waals surface area contributed by atoms with Gasteiger partial charge in [0, 0.05) is 12.0 Å². The van der Waals surface area contributed by atoms with E-state index in [0.29, 0.717) is 11.2 Å². The average Bonchev–Trinajstić information content (AvgIpc) is 3.74. The summed E-state index contributed by atoms with van der Waals surface area (Å²) in [5.74, 6) is -0.0495. The predicted molar refractivity (Wildman–Crippen MR) is 161 cm³/mol. The lowest BCUT2D eigenvalue weighted by atomic mass is 10.1. The van der Waals surface area contributed by atoms with Crippen LogP contribution in [0.5, 0.6) is 0 Å². The van der Waals surface area contributed by atoms with Gasteiger partial charge in [0.15, 0.2) is 16.8 Å². The number of anilines is 2. The minimum absolute atomic E-state index is 0.00327. The van der Waals surface area contributed by atoms with Gasteiger partial charge >= 0.3 is 6.72 Å². The van der Waals surface area contributed by atoms with Gasteiger partial charge in [-0.25, -0.2) is 14.6 Å². The van der Waals surface area contributed by atoms with Crippen molar-refractivity contribution in [3.8, 4) is 0 Å². The number of thioether (sulfide) groups is 1. The van der Waals surface area contributed by atoms with Gasteiger partial charge in [-0.15, -0.1) is 16.9 Å². The number of aromatic nitrogens is 9. The molecule has 2 saturated heterocycles. The zero-order valence-electron chi connectivity index (χ0n) is 22.0. The number of rotatable bonds is 8. The molecule has 0 aromatic carbocycles. The second-order valence-electron chi connectivity index (χ2n) is 9.35. The second kappa shape index (κ2) is 13.5. The SMILES string of the molecule is Nc1nc2c(nnn2[C@@H]2S[C@H](CO)[C@@H](O)[C@H]2OP(O)(=S)OC[C@H]2O[C@@H](c3cnn4c(N)ncnc34)C[C@@H]2O)c(=O)[nH]1.O=PS. The molecule has 1 unspecified atom stereocenters. The highest BCUT2D eigenvalue weighted by Gasteiger charge is 2.49. The number of fused-ring (bicyclic) bond motifs is 2. The Labute approximate surface area is 262 Å². The van der Waals surface area contributed by atoms with Crippen LogP contribution in [-0.4, -0.2) is 108 Å². The quantitative estimate of drug-likeness (QED) is 0.0780. The Hall–Kier alpha value is -2.40. The monoisotopic (exact) mass is 709 g/mol. The summed E-state index contributed by atoms with van der Waals surface area (Å²) < 4.78 is 28.5. The number of nitrogens with one attached hydrogen (secondary N) is 1. The van der Waals surface area contributed by atoms with E-state index in [9.17, 15) is 25.0 Å². The van der Waals surface area contributed by atoms with Gasteiger partial charge in [0.1, 0.15) is 23.9 Å². The van der Waals surface area contributed by atoms with Crippen LogP contribution < -0.4 is 17.0 Å². The first-order valence-electron chi connectivity index (χ1n) is 12.4. The molecule has 238 valence electrons. The van der Waals surface area contributed by atoms with E-state index in [4.69, 9.17) is 41.6 Å². The summed E-state index contributed by atoms with van der Waals surface area (Å²) in [5.41, 5.74) is 11.8. The first kappa shape index (κ1) is 33.0. The molecule has 9 N–H and O–H groups in total. The van der Waals surface area contributed by atoms with Gasteiger partial charge < -0.3 is 40.9 Å². The molecule has 44 heavy (non-hydrogen) atoms. The minimum atomic E-state index is -4.08. The van der Waals surface area contributed by atoms with Crippen molar-refractivity contribution in [3.05, 3.63) is 28.4 Å². The van der Waals surface area contributed by atoms with E-state index in [2.05, 4.69) is 47.6 Å². The molecular weight excluding hydrogens is 684 g/mol. The number of ether oxygens (including phenoxy) is 1. The zero-order chi connectivity index (χ0) is 31.8. The maximum absolute atomic E-state index is 12.2. The van der Waals surface area contributed by atoms with Crippen LogP contribution in [0.25, 0.3) is 16.8 Å². The van der Waals surface area contributed by atoms with Crippen molar-refractivity contribution in [2.45, 2.75) is 47.6 Å². The number of nitrogen functional groups attached to an aromatic ring is 2. The lowest BCUT2D eigenvalue weighted by Crippen LogP contribution is -2.35. The Morgan fingerprint density at radius 3 is 2.80 bits per heavy atom. The zero-order valence-corrected chi connectivity index (χ0v) is 26.4. The van der Waals surface area contributed by atoms with Crippen LogP contribution in [0.3, 0.4) is 0 Å². The molecule has 0 saturated carbocycles. The first-order chi connectivity index (χ1) is 21.0. The molecule has 2 fully saturated rings. The van der Waals surface area contributed by atoms with Gasteiger partial charge in [-0.1, -0.05) is 17.5 Å². The largest absolute Gasteiger partial charge is 0.395 e. The second-order valence-corrected chi connectivity index (χ2v) is 14.1. The van der Waals surface area contributed by atoms with Gasteiger partial charge in [0.2, 0.25) is 19.6 Å². The Morgan fingerprint density at radius 1 is 1.32 bits per heavy atom. The molecule has 0 aliphatic carbocycles. The number of aliphatic hydroxyl groups is 3.